The summed E-state index contributed by atoms with van der Waals surface area (Å²) >= 11 is 0. The predicted molar refractivity (Wildman–Crippen MR) is 144 cm³/mol. The van der Waals surface area contributed by atoms with Gasteiger partial charge in [-0.15, -0.1) is 18.2 Å². The number of alkyl halides is 3. The lowest BCUT2D eigenvalue weighted by molar-refractivity contribution is -0.274. The average molecular weight is 578 g/mol. The molecule has 13 heteroatoms. The summed E-state index contributed by atoms with van der Waals surface area (Å²) in [6.45, 7) is 6.99. The molecule has 0 amide bonds. The van der Waals surface area contributed by atoms with Gasteiger partial charge in [0.15, 0.2) is 0 Å². The summed E-state index contributed by atoms with van der Waals surface area (Å²) in [5.74, 6) is 0.523. The van der Waals surface area contributed by atoms with Crippen molar-refractivity contribution in [2.45, 2.75) is 12.9 Å². The first kappa shape index (κ1) is 27.3. The minimum atomic E-state index is -4.84. The number of halogens is 3. The van der Waals surface area contributed by atoms with E-state index in [0.29, 0.717) is 45.1 Å². The van der Waals surface area contributed by atoms with Crippen LogP contribution in [0.4, 0.5) is 30.4 Å². The molecule has 0 saturated heterocycles. The van der Waals surface area contributed by atoms with Crippen LogP contribution in [0.15, 0.2) is 79.0 Å². The van der Waals surface area contributed by atoms with E-state index in [4.69, 9.17) is 11.3 Å². The number of nitriles is 1. The quantitative estimate of drug-likeness (QED) is 0.241. The van der Waals surface area contributed by atoms with Crippen molar-refractivity contribution in [2.75, 3.05) is 15.7 Å². The first-order valence-corrected chi connectivity index (χ1v) is 13.2. The number of pyridine rings is 1. The van der Waals surface area contributed by atoms with Crippen molar-refractivity contribution in [3.8, 4) is 34.4 Å². The summed E-state index contributed by atoms with van der Waals surface area (Å²) < 4.78 is 76.0. The van der Waals surface area contributed by atoms with Gasteiger partial charge in [0.25, 0.3) is 5.82 Å². The molecule has 1 aromatic heterocycles. The molecule has 0 aliphatic carbocycles. The van der Waals surface area contributed by atoms with Crippen molar-refractivity contribution in [3.05, 3.63) is 102 Å². The van der Waals surface area contributed by atoms with E-state index in [1.165, 1.54) is 31.4 Å². The molecule has 0 bridgehead atoms. The van der Waals surface area contributed by atoms with Crippen LogP contribution < -0.4 is 18.1 Å². The predicted octanol–water partition coefficient (Wildman–Crippen LogP) is 6.56. The minimum Gasteiger partial charge on any atom is -0.458 e. The Morgan fingerprint density at radius 2 is 1.68 bits per heavy atom. The Bertz CT molecular complexity index is 1830. The van der Waals surface area contributed by atoms with E-state index in [1.54, 1.807) is 42.5 Å². The third kappa shape index (κ3) is 5.57. The van der Waals surface area contributed by atoms with Gasteiger partial charge in [-0.2, -0.15) is 13.7 Å². The normalized spacial score (nSPS) is 13.7. The molecule has 4 aromatic rings. The van der Waals surface area contributed by atoms with Gasteiger partial charge in [0.2, 0.25) is 0 Å². The number of anilines is 2. The van der Waals surface area contributed by atoms with E-state index in [1.807, 2.05) is 0 Å². The van der Waals surface area contributed by atoms with Crippen molar-refractivity contribution in [2.24, 2.45) is 0 Å². The molecule has 1 aliphatic heterocycles. The topological polar surface area (TPSA) is 100 Å². The van der Waals surface area contributed by atoms with Crippen LogP contribution in [0.3, 0.4) is 0 Å². The number of fused-ring (bicyclic) bond motifs is 1. The van der Waals surface area contributed by atoms with E-state index < -0.39 is 22.3 Å². The van der Waals surface area contributed by atoms with Gasteiger partial charge in [0.1, 0.15) is 23.4 Å². The molecule has 1 aliphatic rings. The SMILES string of the molecule is [C-]#[N+]c1cc(Oc2ccc(C#N)c(-c3ccc4c(c3)N(C)S(=O)(=O)N4Cc3ccc(OC(F)(F)F)cc3)c2)ccn1. The zero-order valence-corrected chi connectivity index (χ0v) is 21.9. The van der Waals surface area contributed by atoms with Crippen molar-refractivity contribution in [1.29, 1.82) is 5.26 Å². The summed E-state index contributed by atoms with van der Waals surface area (Å²) in [6, 6.07) is 19.9. The minimum absolute atomic E-state index is 0.128. The van der Waals surface area contributed by atoms with Gasteiger partial charge in [-0.1, -0.05) is 24.8 Å². The summed E-state index contributed by atoms with van der Waals surface area (Å²) in [5, 5.41) is 9.73. The van der Waals surface area contributed by atoms with E-state index in [9.17, 15) is 26.9 Å². The third-order valence-electron chi connectivity index (χ3n) is 6.18. The first-order chi connectivity index (χ1) is 19.5. The van der Waals surface area contributed by atoms with Gasteiger partial charge in [-0.05, 0) is 53.6 Å². The Morgan fingerprint density at radius 1 is 0.976 bits per heavy atom. The number of rotatable bonds is 6. The van der Waals surface area contributed by atoms with Gasteiger partial charge < -0.3 is 14.3 Å². The number of nitrogens with zero attached hydrogens (tertiary/aromatic N) is 5. The second kappa shape index (κ2) is 10.4. The van der Waals surface area contributed by atoms with Gasteiger partial charge in [0, 0.05) is 24.7 Å². The fraction of sp³-hybridized carbons (Fsp3) is 0.107. The maximum atomic E-state index is 13.3. The van der Waals surface area contributed by atoms with E-state index in [0.717, 1.165) is 20.7 Å². The number of hydrogen-bond donors (Lipinski definition) is 0. The highest BCUT2D eigenvalue weighted by molar-refractivity contribution is 7.94. The number of benzene rings is 3. The highest BCUT2D eigenvalue weighted by Gasteiger charge is 2.38. The Balaban J connectivity index is 1.46. The van der Waals surface area contributed by atoms with Crippen LogP contribution in [-0.4, -0.2) is 26.8 Å². The van der Waals surface area contributed by atoms with Crippen LogP contribution in [0.5, 0.6) is 17.2 Å². The average Bonchev–Trinajstić information content (AvgIpc) is 3.13. The Morgan fingerprint density at radius 3 is 2.37 bits per heavy atom. The van der Waals surface area contributed by atoms with Crippen molar-refractivity contribution < 1.29 is 31.1 Å². The van der Waals surface area contributed by atoms with Crippen LogP contribution in [0.2, 0.25) is 0 Å². The molecule has 0 spiro atoms. The molecule has 0 atom stereocenters. The summed E-state index contributed by atoms with van der Waals surface area (Å²) in [6.07, 6.45) is -3.39. The summed E-state index contributed by atoms with van der Waals surface area (Å²) in [5.41, 5.74) is 2.54. The molecule has 0 N–H and O–H groups in total. The second-order valence-corrected chi connectivity index (χ2v) is 10.6. The highest BCUT2D eigenvalue weighted by Crippen LogP contribution is 2.44. The van der Waals surface area contributed by atoms with Gasteiger partial charge in [-0.25, -0.2) is 4.31 Å². The number of ether oxygens (including phenoxy) is 2. The third-order valence-corrected chi connectivity index (χ3v) is 7.95. The molecule has 5 rings (SSSR count). The second-order valence-electron chi connectivity index (χ2n) is 8.76. The molecular formula is C28H18F3N5O4S. The van der Waals surface area contributed by atoms with Crippen LogP contribution in [0.1, 0.15) is 11.1 Å². The molecular weight excluding hydrogens is 559 g/mol. The standard InChI is InChI=1S/C28H18F3N5O4S/c1-33-27-15-23(11-12-34-27)39-22-9-5-20(16-32)24(14-22)19-6-10-25-26(13-19)35(2)41(37,38)36(25)17-18-3-7-21(8-4-18)40-28(29,30)31/h3-15H,17H2,2H3. The Hall–Kier alpha value is -5.27. The molecule has 0 saturated carbocycles. The van der Waals surface area contributed by atoms with Crippen molar-refractivity contribution >= 4 is 27.4 Å². The molecule has 0 fully saturated rings. The first-order valence-electron chi connectivity index (χ1n) is 11.8. The molecule has 41 heavy (non-hydrogen) atoms. The molecule has 206 valence electrons. The van der Waals surface area contributed by atoms with Crippen LogP contribution >= 0.6 is 0 Å². The summed E-state index contributed by atoms with van der Waals surface area (Å²) in [4.78, 5) is 7.19. The van der Waals surface area contributed by atoms with Gasteiger partial charge >= 0.3 is 16.6 Å². The maximum Gasteiger partial charge on any atom is 0.573 e. The molecule has 0 unspecified atom stereocenters. The maximum absolute atomic E-state index is 13.3. The largest absolute Gasteiger partial charge is 0.573 e. The van der Waals surface area contributed by atoms with E-state index in [-0.39, 0.29) is 12.4 Å². The van der Waals surface area contributed by atoms with Crippen LogP contribution in [-0.2, 0) is 16.8 Å². The van der Waals surface area contributed by atoms with E-state index in [2.05, 4.69) is 20.6 Å². The lowest BCUT2D eigenvalue weighted by Gasteiger charge is -2.19. The van der Waals surface area contributed by atoms with Crippen molar-refractivity contribution in [3.63, 3.8) is 0 Å². The highest BCUT2D eigenvalue weighted by atomic mass is 32.2. The molecule has 9 nitrogen and oxygen atoms in total. The molecule has 3 aromatic carbocycles. The molecule has 0 radical (unpaired) electrons. The smallest absolute Gasteiger partial charge is 0.458 e. The number of aromatic nitrogens is 1. The zero-order valence-electron chi connectivity index (χ0n) is 21.1. The molecule has 2 heterocycles. The lowest BCUT2D eigenvalue weighted by atomic mass is 9.99. The Kier molecular flexibility index (Phi) is 6.91. The lowest BCUT2D eigenvalue weighted by Crippen LogP contribution is -2.35. The fourth-order valence-electron chi connectivity index (χ4n) is 4.26. The van der Waals surface area contributed by atoms with E-state index >= 15 is 0 Å². The van der Waals surface area contributed by atoms with Gasteiger partial charge in [0.05, 0.1) is 29.6 Å². The monoisotopic (exact) mass is 577 g/mol. The van der Waals surface area contributed by atoms with Gasteiger partial charge in [-0.3, -0.25) is 4.31 Å². The number of hydrogen-bond acceptors (Lipinski definition) is 6. The summed E-state index contributed by atoms with van der Waals surface area (Å²) in [7, 11) is -2.61. The fourth-order valence-corrected chi connectivity index (χ4v) is 5.67. The van der Waals surface area contributed by atoms with Crippen LogP contribution in [0, 0.1) is 17.9 Å². The van der Waals surface area contributed by atoms with Crippen LogP contribution in [0.25, 0.3) is 16.0 Å². The Labute approximate surface area is 233 Å². The van der Waals surface area contributed by atoms with Crippen molar-refractivity contribution in [1.82, 2.24) is 4.98 Å². The zero-order chi connectivity index (χ0) is 29.4.